The molecule has 2 aliphatic rings. The summed E-state index contributed by atoms with van der Waals surface area (Å²) >= 11 is 1.82. The zero-order valence-corrected chi connectivity index (χ0v) is 20.0. The van der Waals surface area contributed by atoms with Crippen molar-refractivity contribution in [2.24, 2.45) is 17.5 Å². The molecule has 0 bridgehead atoms. The molecule has 1 spiro atoms. The third-order valence-electron chi connectivity index (χ3n) is 6.19. The number of aromatic nitrogens is 3. The molecule has 8 heteroatoms. The lowest BCUT2D eigenvalue weighted by Crippen LogP contribution is -2.42. The van der Waals surface area contributed by atoms with Crippen molar-refractivity contribution in [2.45, 2.75) is 52.0 Å². The first-order chi connectivity index (χ1) is 13.2. The van der Waals surface area contributed by atoms with Crippen LogP contribution in [-0.2, 0) is 20.0 Å². The number of aryl methyl sites for hydroxylation is 1. The summed E-state index contributed by atoms with van der Waals surface area (Å²) in [6.07, 6.45) is 7.90. The molecule has 1 aliphatic carbocycles. The zero-order valence-electron chi connectivity index (χ0n) is 16.9. The van der Waals surface area contributed by atoms with E-state index in [0.717, 1.165) is 43.7 Å². The maximum atomic E-state index is 4.94. The monoisotopic (exact) mass is 514 g/mol. The Bertz CT molecular complexity index is 779. The Morgan fingerprint density at radius 2 is 2.11 bits per heavy atom. The first-order valence-corrected chi connectivity index (χ1v) is 10.9. The molecule has 28 heavy (non-hydrogen) atoms. The Morgan fingerprint density at radius 3 is 2.79 bits per heavy atom. The number of hydrogen-bond acceptors (Lipinski definition) is 4. The summed E-state index contributed by atoms with van der Waals surface area (Å²) in [5.41, 5.74) is 0.539. The minimum Gasteiger partial charge on any atom is -0.356 e. The van der Waals surface area contributed by atoms with Gasteiger partial charge in [0.25, 0.3) is 0 Å². The van der Waals surface area contributed by atoms with Crippen molar-refractivity contribution in [2.75, 3.05) is 19.6 Å². The normalized spacial score (nSPS) is 18.6. The van der Waals surface area contributed by atoms with Gasteiger partial charge in [-0.05, 0) is 49.5 Å². The molecule has 2 aromatic heterocycles. The topological polar surface area (TPSA) is 58.3 Å². The van der Waals surface area contributed by atoms with Crippen LogP contribution in [0, 0.1) is 12.3 Å². The summed E-state index contributed by atoms with van der Waals surface area (Å²) in [6, 6.07) is 4.32. The predicted octanol–water partition coefficient (Wildman–Crippen LogP) is 3.76. The molecule has 0 aromatic carbocycles. The Labute approximate surface area is 188 Å². The van der Waals surface area contributed by atoms with E-state index in [1.165, 1.54) is 37.0 Å². The second kappa shape index (κ2) is 9.56. The van der Waals surface area contributed by atoms with Crippen LogP contribution in [0.15, 0.2) is 22.5 Å². The first kappa shape index (κ1) is 21.5. The Morgan fingerprint density at radius 1 is 1.29 bits per heavy atom. The van der Waals surface area contributed by atoms with Gasteiger partial charge in [0.1, 0.15) is 12.4 Å². The summed E-state index contributed by atoms with van der Waals surface area (Å²) in [5, 5.41) is 14.2. The third kappa shape index (κ3) is 4.87. The predicted molar refractivity (Wildman–Crippen MR) is 125 cm³/mol. The molecule has 4 rings (SSSR count). The van der Waals surface area contributed by atoms with E-state index >= 15 is 0 Å². The minimum atomic E-state index is 0. The molecule has 154 valence electrons. The summed E-state index contributed by atoms with van der Waals surface area (Å²) in [7, 11) is 2.01. The Balaban J connectivity index is 0.00000225. The van der Waals surface area contributed by atoms with Crippen molar-refractivity contribution in [3.63, 3.8) is 0 Å². The van der Waals surface area contributed by atoms with Gasteiger partial charge in [-0.2, -0.15) is 0 Å². The largest absolute Gasteiger partial charge is 0.356 e. The fraction of sp³-hybridized carbons (Fsp3) is 0.650. The highest BCUT2D eigenvalue weighted by Gasteiger charge is 2.41. The molecule has 3 heterocycles. The highest BCUT2D eigenvalue weighted by molar-refractivity contribution is 14.0. The second-order valence-corrected chi connectivity index (χ2v) is 9.03. The molecule has 2 aromatic rings. The highest BCUT2D eigenvalue weighted by atomic mass is 127. The molecule has 1 saturated heterocycles. The molecule has 0 atom stereocenters. The van der Waals surface area contributed by atoms with Crippen LogP contribution in [0.5, 0.6) is 0 Å². The van der Waals surface area contributed by atoms with Crippen molar-refractivity contribution >= 4 is 41.3 Å². The van der Waals surface area contributed by atoms with Gasteiger partial charge in [-0.15, -0.1) is 45.5 Å². The van der Waals surface area contributed by atoms with E-state index in [9.17, 15) is 0 Å². The van der Waals surface area contributed by atoms with Crippen LogP contribution in [0.1, 0.15) is 48.6 Å². The van der Waals surface area contributed by atoms with Gasteiger partial charge < -0.3 is 14.8 Å². The van der Waals surface area contributed by atoms with Gasteiger partial charge in [-0.1, -0.05) is 18.9 Å². The van der Waals surface area contributed by atoms with Crippen LogP contribution >= 0.6 is 35.3 Å². The van der Waals surface area contributed by atoms with Crippen LogP contribution in [0.4, 0.5) is 0 Å². The number of aliphatic imine (C=N–C) groups is 1. The van der Waals surface area contributed by atoms with Crippen LogP contribution < -0.4 is 5.32 Å². The number of rotatable bonds is 5. The lowest BCUT2D eigenvalue weighted by molar-refractivity contribution is 0.309. The number of guanidine groups is 1. The van der Waals surface area contributed by atoms with E-state index in [0.29, 0.717) is 12.0 Å². The van der Waals surface area contributed by atoms with E-state index in [1.807, 2.05) is 29.9 Å². The number of halogens is 1. The summed E-state index contributed by atoms with van der Waals surface area (Å²) in [6.45, 7) is 5.73. The SMILES string of the molecule is Cc1nnc(CN=C(NCCc2cccs2)N2CCC3(CCCC3)C2)n1C.I. The Hall–Kier alpha value is -1.16. The van der Waals surface area contributed by atoms with Crippen molar-refractivity contribution < 1.29 is 0 Å². The number of likely N-dealkylation sites (tertiary alicyclic amines) is 1. The molecule has 2 fully saturated rings. The third-order valence-corrected chi connectivity index (χ3v) is 7.13. The van der Waals surface area contributed by atoms with Crippen LogP contribution in [-0.4, -0.2) is 45.3 Å². The van der Waals surface area contributed by atoms with E-state index in [-0.39, 0.29) is 24.0 Å². The number of thiophene rings is 1. The molecule has 6 nitrogen and oxygen atoms in total. The van der Waals surface area contributed by atoms with Crippen LogP contribution in [0.2, 0.25) is 0 Å². The maximum Gasteiger partial charge on any atom is 0.194 e. The smallest absolute Gasteiger partial charge is 0.194 e. The van der Waals surface area contributed by atoms with E-state index in [1.54, 1.807) is 0 Å². The summed E-state index contributed by atoms with van der Waals surface area (Å²) < 4.78 is 2.02. The number of hydrogen-bond donors (Lipinski definition) is 1. The number of nitrogens with one attached hydrogen (secondary N) is 1. The second-order valence-electron chi connectivity index (χ2n) is 8.00. The fourth-order valence-corrected chi connectivity index (χ4v) is 5.11. The molecule has 1 aliphatic heterocycles. The van der Waals surface area contributed by atoms with Crippen molar-refractivity contribution in [3.05, 3.63) is 34.0 Å². The van der Waals surface area contributed by atoms with Gasteiger partial charge in [0.2, 0.25) is 0 Å². The molecule has 0 unspecified atom stereocenters. The maximum absolute atomic E-state index is 4.94. The standard InChI is InChI=1S/C20H30N6S.HI/c1-16-23-24-18(25(16)2)14-22-19(21-11-7-17-6-5-13-27-17)26-12-10-20(15-26)8-3-4-9-20;/h5-6,13H,3-4,7-12,14-15H2,1-2H3,(H,21,22);1H. The van der Waals surface area contributed by atoms with Gasteiger partial charge in [0.15, 0.2) is 11.8 Å². The molecule has 1 N–H and O–H groups in total. The van der Waals surface area contributed by atoms with Gasteiger partial charge in [-0.3, -0.25) is 0 Å². The van der Waals surface area contributed by atoms with Crippen molar-refractivity contribution in [1.29, 1.82) is 0 Å². The van der Waals surface area contributed by atoms with E-state index in [2.05, 4.69) is 37.9 Å². The van der Waals surface area contributed by atoms with Crippen molar-refractivity contribution in [1.82, 2.24) is 25.0 Å². The van der Waals surface area contributed by atoms with Crippen LogP contribution in [0.3, 0.4) is 0 Å². The molecule has 1 saturated carbocycles. The molecule has 0 radical (unpaired) electrons. The van der Waals surface area contributed by atoms with E-state index < -0.39 is 0 Å². The van der Waals surface area contributed by atoms with Gasteiger partial charge in [0, 0.05) is 31.6 Å². The summed E-state index contributed by atoms with van der Waals surface area (Å²) in [5.74, 6) is 2.88. The van der Waals surface area contributed by atoms with Crippen LogP contribution in [0.25, 0.3) is 0 Å². The van der Waals surface area contributed by atoms with Crippen molar-refractivity contribution in [3.8, 4) is 0 Å². The Kier molecular flexibility index (Phi) is 7.36. The average molecular weight is 514 g/mol. The zero-order chi connectivity index (χ0) is 18.7. The first-order valence-electron chi connectivity index (χ1n) is 10.1. The van der Waals surface area contributed by atoms with E-state index in [4.69, 9.17) is 4.99 Å². The minimum absolute atomic E-state index is 0. The van der Waals surface area contributed by atoms with Gasteiger partial charge >= 0.3 is 0 Å². The van der Waals surface area contributed by atoms with Gasteiger partial charge in [0.05, 0.1) is 0 Å². The van der Waals surface area contributed by atoms with Gasteiger partial charge in [-0.25, -0.2) is 4.99 Å². The average Bonchev–Trinajstić information content (AvgIpc) is 3.46. The number of nitrogens with zero attached hydrogens (tertiary/aromatic N) is 5. The highest BCUT2D eigenvalue weighted by Crippen LogP contribution is 2.45. The fourth-order valence-electron chi connectivity index (χ4n) is 4.40. The molecular weight excluding hydrogens is 483 g/mol. The quantitative estimate of drug-likeness (QED) is 0.375. The molecular formula is C20H31IN6S. The summed E-state index contributed by atoms with van der Waals surface area (Å²) in [4.78, 5) is 8.83. The lowest BCUT2D eigenvalue weighted by atomic mass is 9.86. The molecule has 0 amide bonds. The lowest BCUT2D eigenvalue weighted by Gasteiger charge is -2.26.